The van der Waals surface area contributed by atoms with Crippen molar-refractivity contribution in [2.24, 2.45) is 0 Å². The fourth-order valence-corrected chi connectivity index (χ4v) is 3.35. The van der Waals surface area contributed by atoms with Crippen molar-refractivity contribution in [3.8, 4) is 0 Å². The van der Waals surface area contributed by atoms with E-state index in [4.69, 9.17) is 0 Å². The molecule has 0 aromatic carbocycles. The third-order valence-electron chi connectivity index (χ3n) is 2.95. The average Bonchev–Trinajstić information content (AvgIpc) is 2.92. The van der Waals surface area contributed by atoms with E-state index in [0.29, 0.717) is 19.5 Å². The van der Waals surface area contributed by atoms with Gasteiger partial charge in [0.25, 0.3) is 0 Å². The highest BCUT2D eigenvalue weighted by Gasteiger charge is 2.07. The highest BCUT2D eigenvalue weighted by molar-refractivity contribution is 7.10. The maximum atomic E-state index is 11.7. The summed E-state index contributed by atoms with van der Waals surface area (Å²) in [5.41, 5.74) is 2.12. The molecule has 2 aromatic heterocycles. The van der Waals surface area contributed by atoms with Gasteiger partial charge >= 0.3 is 4.87 Å². The van der Waals surface area contributed by atoms with Crippen molar-refractivity contribution in [1.82, 2.24) is 9.88 Å². The molecular weight excluding hydrogens is 280 g/mol. The molecule has 19 heavy (non-hydrogen) atoms. The summed E-state index contributed by atoms with van der Waals surface area (Å²) in [6.45, 7) is 4.93. The van der Waals surface area contributed by atoms with E-state index in [2.05, 4.69) is 5.32 Å². The SMILES string of the molecule is Cc1ccsc1CNC(=O)CCn1c(C)csc1=O. The first-order valence-corrected chi connectivity index (χ1v) is 7.78. The van der Waals surface area contributed by atoms with E-state index in [1.54, 1.807) is 15.9 Å². The van der Waals surface area contributed by atoms with Gasteiger partial charge in [0.05, 0.1) is 6.54 Å². The Hall–Kier alpha value is -1.40. The Bertz CT molecular complexity index is 625. The van der Waals surface area contributed by atoms with Crippen molar-refractivity contribution in [3.63, 3.8) is 0 Å². The second kappa shape index (κ2) is 6.16. The number of thiazole rings is 1. The molecule has 1 N–H and O–H groups in total. The van der Waals surface area contributed by atoms with Crippen LogP contribution in [0.4, 0.5) is 0 Å². The summed E-state index contributed by atoms with van der Waals surface area (Å²) in [5, 5.41) is 6.72. The monoisotopic (exact) mass is 296 g/mol. The van der Waals surface area contributed by atoms with Gasteiger partial charge in [0.15, 0.2) is 0 Å². The molecule has 102 valence electrons. The summed E-state index contributed by atoms with van der Waals surface area (Å²) in [6, 6.07) is 2.04. The summed E-state index contributed by atoms with van der Waals surface area (Å²) >= 11 is 2.82. The van der Waals surface area contributed by atoms with Gasteiger partial charge in [-0.1, -0.05) is 11.3 Å². The number of rotatable bonds is 5. The Labute approximate surface area is 119 Å². The van der Waals surface area contributed by atoms with Crippen molar-refractivity contribution in [1.29, 1.82) is 0 Å². The van der Waals surface area contributed by atoms with Crippen LogP contribution in [0.1, 0.15) is 22.6 Å². The first-order chi connectivity index (χ1) is 9.08. The molecule has 0 bridgehead atoms. The van der Waals surface area contributed by atoms with Crippen LogP contribution in [0.25, 0.3) is 0 Å². The smallest absolute Gasteiger partial charge is 0.307 e. The van der Waals surface area contributed by atoms with E-state index < -0.39 is 0 Å². The summed E-state index contributed by atoms with van der Waals surface area (Å²) in [5.74, 6) is -0.0229. The van der Waals surface area contributed by atoms with Gasteiger partial charge in [0.2, 0.25) is 5.91 Å². The molecule has 0 unspecified atom stereocenters. The minimum absolute atomic E-state index is 0.000554. The summed E-state index contributed by atoms with van der Waals surface area (Å²) in [6.07, 6.45) is 0.335. The normalized spacial score (nSPS) is 10.6. The first kappa shape index (κ1) is 14.0. The number of aryl methyl sites for hydroxylation is 2. The number of hydrogen-bond acceptors (Lipinski definition) is 4. The fourth-order valence-electron chi connectivity index (χ4n) is 1.74. The van der Waals surface area contributed by atoms with Crippen LogP contribution in [-0.2, 0) is 17.9 Å². The van der Waals surface area contributed by atoms with Gasteiger partial charge in [-0.3, -0.25) is 9.59 Å². The summed E-state index contributed by atoms with van der Waals surface area (Å²) < 4.78 is 1.64. The van der Waals surface area contributed by atoms with E-state index in [1.165, 1.54) is 21.8 Å². The molecule has 0 spiro atoms. The minimum Gasteiger partial charge on any atom is -0.351 e. The lowest BCUT2D eigenvalue weighted by molar-refractivity contribution is -0.121. The summed E-state index contributed by atoms with van der Waals surface area (Å²) in [4.78, 5) is 24.4. The number of amides is 1. The van der Waals surface area contributed by atoms with Gasteiger partial charge in [-0.25, -0.2) is 0 Å². The second-order valence-electron chi connectivity index (χ2n) is 4.35. The third kappa shape index (κ3) is 3.54. The van der Waals surface area contributed by atoms with Crippen molar-refractivity contribution in [2.45, 2.75) is 33.4 Å². The standard InChI is InChI=1S/C13H16N2O2S2/c1-9-4-6-18-11(9)7-14-12(16)3-5-15-10(2)8-19-13(15)17/h4,6,8H,3,5,7H2,1-2H3,(H,14,16). The number of nitrogens with zero attached hydrogens (tertiary/aromatic N) is 1. The van der Waals surface area contributed by atoms with Gasteiger partial charge in [0, 0.05) is 28.9 Å². The number of thiophene rings is 1. The van der Waals surface area contributed by atoms with Crippen molar-refractivity contribution in [2.75, 3.05) is 0 Å². The van der Waals surface area contributed by atoms with Gasteiger partial charge < -0.3 is 9.88 Å². The minimum atomic E-state index is -0.0229. The lowest BCUT2D eigenvalue weighted by Crippen LogP contribution is -2.25. The zero-order valence-corrected chi connectivity index (χ0v) is 12.6. The Balaban J connectivity index is 1.82. The number of nitrogens with one attached hydrogen (secondary N) is 1. The molecule has 0 saturated carbocycles. The number of carbonyl (C=O) groups excluding carboxylic acids is 1. The number of aromatic nitrogens is 1. The quantitative estimate of drug-likeness (QED) is 0.920. The third-order valence-corrected chi connectivity index (χ3v) is 4.86. The van der Waals surface area contributed by atoms with Crippen molar-refractivity contribution in [3.05, 3.63) is 42.6 Å². The van der Waals surface area contributed by atoms with E-state index in [1.807, 2.05) is 30.7 Å². The molecule has 0 radical (unpaired) electrons. The molecule has 0 aliphatic carbocycles. The first-order valence-electron chi connectivity index (χ1n) is 6.02. The topological polar surface area (TPSA) is 51.1 Å². The van der Waals surface area contributed by atoms with Crippen molar-refractivity contribution < 1.29 is 4.79 Å². The Kier molecular flexibility index (Phi) is 4.55. The predicted molar refractivity (Wildman–Crippen MR) is 78.8 cm³/mol. The molecule has 0 aliphatic heterocycles. The molecule has 0 fully saturated rings. The van der Waals surface area contributed by atoms with E-state index in [9.17, 15) is 9.59 Å². The molecule has 4 nitrogen and oxygen atoms in total. The van der Waals surface area contributed by atoms with E-state index in [0.717, 1.165) is 5.69 Å². The van der Waals surface area contributed by atoms with E-state index in [-0.39, 0.29) is 10.8 Å². The number of carbonyl (C=O) groups is 1. The van der Waals surface area contributed by atoms with Crippen LogP contribution < -0.4 is 10.2 Å². The van der Waals surface area contributed by atoms with Crippen LogP contribution in [-0.4, -0.2) is 10.5 Å². The molecule has 2 heterocycles. The van der Waals surface area contributed by atoms with Gasteiger partial charge in [-0.05, 0) is 30.9 Å². The zero-order chi connectivity index (χ0) is 13.8. The van der Waals surface area contributed by atoms with Gasteiger partial charge in [-0.15, -0.1) is 11.3 Å². The van der Waals surface area contributed by atoms with Crippen LogP contribution in [0, 0.1) is 13.8 Å². The maximum Gasteiger partial charge on any atom is 0.307 e. The molecule has 6 heteroatoms. The second-order valence-corrected chi connectivity index (χ2v) is 6.17. The number of hydrogen-bond donors (Lipinski definition) is 1. The molecule has 0 aliphatic rings. The predicted octanol–water partition coefficient (Wildman–Crippen LogP) is 2.29. The van der Waals surface area contributed by atoms with Crippen molar-refractivity contribution >= 4 is 28.6 Å². The highest BCUT2D eigenvalue weighted by Crippen LogP contribution is 2.14. The molecule has 2 rings (SSSR count). The van der Waals surface area contributed by atoms with Crippen LogP contribution in [0.3, 0.4) is 0 Å². The van der Waals surface area contributed by atoms with Crippen LogP contribution >= 0.6 is 22.7 Å². The Morgan fingerprint density at radius 2 is 2.16 bits per heavy atom. The lowest BCUT2D eigenvalue weighted by atomic mass is 10.3. The van der Waals surface area contributed by atoms with E-state index >= 15 is 0 Å². The Morgan fingerprint density at radius 3 is 2.74 bits per heavy atom. The molecule has 0 atom stereocenters. The fraction of sp³-hybridized carbons (Fsp3) is 0.385. The molecular formula is C13H16N2O2S2. The average molecular weight is 296 g/mol. The van der Waals surface area contributed by atoms with Gasteiger partial charge in [0.1, 0.15) is 0 Å². The zero-order valence-electron chi connectivity index (χ0n) is 10.9. The largest absolute Gasteiger partial charge is 0.351 e. The molecule has 1 amide bonds. The maximum absolute atomic E-state index is 11.7. The Morgan fingerprint density at radius 1 is 1.37 bits per heavy atom. The van der Waals surface area contributed by atoms with Crippen LogP contribution in [0.2, 0.25) is 0 Å². The molecule has 2 aromatic rings. The van der Waals surface area contributed by atoms with Crippen LogP contribution in [0.5, 0.6) is 0 Å². The lowest BCUT2D eigenvalue weighted by Gasteiger charge is -2.06. The van der Waals surface area contributed by atoms with Gasteiger partial charge in [-0.2, -0.15) is 0 Å². The highest BCUT2D eigenvalue weighted by atomic mass is 32.1. The summed E-state index contributed by atoms with van der Waals surface area (Å²) in [7, 11) is 0. The van der Waals surface area contributed by atoms with Crippen LogP contribution in [0.15, 0.2) is 21.6 Å². The molecule has 0 saturated heterocycles.